The Hall–Kier alpha value is 0.310. The van der Waals surface area contributed by atoms with Gasteiger partial charge >= 0.3 is 0 Å². The Kier molecular flexibility index (Phi) is 13.1. The number of rotatable bonds is 7. The van der Waals surface area contributed by atoms with Gasteiger partial charge in [0, 0.05) is 6.04 Å². The van der Waals surface area contributed by atoms with Crippen LogP contribution in [0.15, 0.2) is 0 Å². The first-order chi connectivity index (χ1) is 9.93. The Bertz CT molecular complexity index is 184. The zero-order valence-corrected chi connectivity index (χ0v) is 14.6. The highest BCUT2D eigenvalue weighted by Crippen LogP contribution is 2.17. The van der Waals surface area contributed by atoms with E-state index < -0.39 is 0 Å². The number of unbranched alkanes of at least 4 members (excludes halogenated alkanes) is 2. The van der Waals surface area contributed by atoms with Crippen LogP contribution in [0.5, 0.6) is 0 Å². The van der Waals surface area contributed by atoms with Gasteiger partial charge in [-0.3, -0.25) is 0 Å². The fraction of sp³-hybridized carbons (Fsp3) is 1.00. The van der Waals surface area contributed by atoms with Crippen molar-refractivity contribution in [3.8, 4) is 0 Å². The van der Waals surface area contributed by atoms with Crippen LogP contribution in [0.1, 0.15) is 89.9 Å². The van der Waals surface area contributed by atoms with E-state index in [2.05, 4.69) is 11.6 Å². The third-order valence-corrected chi connectivity index (χ3v) is 5.26. The van der Waals surface area contributed by atoms with Gasteiger partial charge < -0.3 is 5.32 Å². The summed E-state index contributed by atoms with van der Waals surface area (Å²) < 4.78 is 0. The first-order valence-electron chi connectivity index (χ1n) is 9.16. The minimum Gasteiger partial charge on any atom is -0.314 e. The van der Waals surface area contributed by atoms with E-state index in [0.717, 1.165) is 6.04 Å². The van der Waals surface area contributed by atoms with Gasteiger partial charge in [0.15, 0.2) is 0 Å². The van der Waals surface area contributed by atoms with Crippen LogP contribution in [0.4, 0.5) is 0 Å². The summed E-state index contributed by atoms with van der Waals surface area (Å²) in [6, 6.07) is 0.815. The second-order valence-electron chi connectivity index (χ2n) is 6.46. The van der Waals surface area contributed by atoms with Gasteiger partial charge in [-0.1, -0.05) is 64.2 Å². The highest BCUT2D eigenvalue weighted by Gasteiger charge is 2.08. The summed E-state index contributed by atoms with van der Waals surface area (Å²) in [5.41, 5.74) is 0. The zero-order chi connectivity index (χ0) is 14.3. The summed E-state index contributed by atoms with van der Waals surface area (Å²) in [4.78, 5) is 0. The van der Waals surface area contributed by atoms with E-state index in [1.807, 2.05) is 11.8 Å². The molecule has 0 saturated heterocycles. The smallest absolute Gasteiger partial charge is 0.00670 e. The van der Waals surface area contributed by atoms with E-state index in [1.54, 1.807) is 0 Å². The molecular formula is C18H37NS. The lowest BCUT2D eigenvalue weighted by molar-refractivity contribution is 0.400. The highest BCUT2D eigenvalue weighted by atomic mass is 32.2. The van der Waals surface area contributed by atoms with E-state index in [0.29, 0.717) is 0 Å². The van der Waals surface area contributed by atoms with E-state index in [4.69, 9.17) is 0 Å². The van der Waals surface area contributed by atoms with Crippen molar-refractivity contribution in [1.29, 1.82) is 0 Å². The van der Waals surface area contributed by atoms with Crippen LogP contribution in [0.2, 0.25) is 0 Å². The van der Waals surface area contributed by atoms with Crippen molar-refractivity contribution in [3.63, 3.8) is 0 Å². The van der Waals surface area contributed by atoms with Gasteiger partial charge in [0.25, 0.3) is 0 Å². The molecule has 0 amide bonds. The van der Waals surface area contributed by atoms with Gasteiger partial charge in [0.1, 0.15) is 0 Å². The van der Waals surface area contributed by atoms with Gasteiger partial charge in [-0.25, -0.2) is 0 Å². The molecule has 120 valence electrons. The molecule has 0 unspecified atom stereocenters. The Morgan fingerprint density at radius 3 is 1.85 bits per heavy atom. The molecule has 1 rings (SSSR count). The van der Waals surface area contributed by atoms with Crippen LogP contribution >= 0.6 is 11.8 Å². The molecular weight excluding hydrogens is 262 g/mol. The molecule has 0 aromatic rings. The quantitative estimate of drug-likeness (QED) is 0.598. The zero-order valence-electron chi connectivity index (χ0n) is 13.8. The second-order valence-corrected chi connectivity index (χ2v) is 7.45. The Morgan fingerprint density at radius 2 is 1.30 bits per heavy atom. The topological polar surface area (TPSA) is 12.0 Å². The summed E-state index contributed by atoms with van der Waals surface area (Å²) >= 11 is 1.98. The molecule has 1 nitrogen and oxygen atoms in total. The van der Waals surface area contributed by atoms with Crippen molar-refractivity contribution in [2.75, 3.05) is 18.6 Å². The van der Waals surface area contributed by atoms with E-state index in [1.165, 1.54) is 102 Å². The van der Waals surface area contributed by atoms with E-state index >= 15 is 0 Å². The molecule has 1 aliphatic rings. The number of hydrogen-bond acceptors (Lipinski definition) is 2. The van der Waals surface area contributed by atoms with Crippen molar-refractivity contribution in [3.05, 3.63) is 0 Å². The minimum absolute atomic E-state index is 0.815. The SMILES string of the molecule is CSCCCCCNC1CCCCCCCCCCC1. The van der Waals surface area contributed by atoms with Gasteiger partial charge in [-0.2, -0.15) is 11.8 Å². The molecule has 0 atom stereocenters. The van der Waals surface area contributed by atoms with Crippen molar-refractivity contribution < 1.29 is 0 Å². The molecule has 0 radical (unpaired) electrons. The van der Waals surface area contributed by atoms with Crippen LogP contribution < -0.4 is 5.32 Å². The third kappa shape index (κ3) is 11.0. The van der Waals surface area contributed by atoms with Gasteiger partial charge in [0.05, 0.1) is 0 Å². The summed E-state index contributed by atoms with van der Waals surface area (Å²) in [5.74, 6) is 1.34. The summed E-state index contributed by atoms with van der Waals surface area (Å²) in [7, 11) is 0. The molecule has 0 aromatic carbocycles. The number of hydrogen-bond donors (Lipinski definition) is 1. The molecule has 0 aliphatic heterocycles. The lowest BCUT2D eigenvalue weighted by Crippen LogP contribution is -2.30. The molecule has 0 heterocycles. The van der Waals surface area contributed by atoms with Gasteiger partial charge in [-0.15, -0.1) is 0 Å². The molecule has 1 saturated carbocycles. The molecule has 1 N–H and O–H groups in total. The van der Waals surface area contributed by atoms with E-state index in [9.17, 15) is 0 Å². The third-order valence-electron chi connectivity index (χ3n) is 4.56. The number of thioether (sulfide) groups is 1. The number of nitrogens with one attached hydrogen (secondary N) is 1. The Balaban J connectivity index is 2.08. The average molecular weight is 300 g/mol. The predicted octanol–water partition coefficient (Wildman–Crippen LogP) is 5.78. The molecule has 20 heavy (non-hydrogen) atoms. The van der Waals surface area contributed by atoms with Crippen LogP contribution in [-0.4, -0.2) is 24.6 Å². The molecule has 2 heteroatoms. The Morgan fingerprint density at radius 1 is 0.750 bits per heavy atom. The Labute approximate surface area is 132 Å². The molecule has 0 bridgehead atoms. The average Bonchev–Trinajstić information content (AvgIpc) is 2.45. The highest BCUT2D eigenvalue weighted by molar-refractivity contribution is 7.98. The van der Waals surface area contributed by atoms with Crippen LogP contribution in [-0.2, 0) is 0 Å². The maximum absolute atomic E-state index is 3.84. The summed E-state index contributed by atoms with van der Waals surface area (Å²) in [6.07, 6.45) is 22.4. The maximum Gasteiger partial charge on any atom is 0.00670 e. The van der Waals surface area contributed by atoms with Gasteiger partial charge in [0.2, 0.25) is 0 Å². The van der Waals surface area contributed by atoms with Crippen LogP contribution in [0.3, 0.4) is 0 Å². The molecule has 1 aliphatic carbocycles. The second kappa shape index (κ2) is 14.3. The van der Waals surface area contributed by atoms with Crippen molar-refractivity contribution in [2.45, 2.75) is 95.9 Å². The standard InChI is InChI=1S/C18H37NS/c1-20-17-13-9-12-16-19-18-14-10-7-5-3-2-4-6-8-11-15-18/h18-19H,2-17H2,1H3. The first-order valence-corrected chi connectivity index (χ1v) is 10.5. The maximum atomic E-state index is 3.84. The fourth-order valence-corrected chi connectivity index (χ4v) is 3.71. The van der Waals surface area contributed by atoms with Gasteiger partial charge in [-0.05, 0) is 44.2 Å². The van der Waals surface area contributed by atoms with E-state index in [-0.39, 0.29) is 0 Å². The van der Waals surface area contributed by atoms with Crippen LogP contribution in [0.25, 0.3) is 0 Å². The summed E-state index contributed by atoms with van der Waals surface area (Å²) in [6.45, 7) is 1.25. The molecule has 1 fully saturated rings. The van der Waals surface area contributed by atoms with Crippen molar-refractivity contribution in [1.82, 2.24) is 5.32 Å². The molecule has 0 aromatic heterocycles. The lowest BCUT2D eigenvalue weighted by Gasteiger charge is -2.19. The largest absolute Gasteiger partial charge is 0.314 e. The van der Waals surface area contributed by atoms with Crippen molar-refractivity contribution in [2.24, 2.45) is 0 Å². The first kappa shape index (κ1) is 18.4. The molecule has 0 spiro atoms. The monoisotopic (exact) mass is 299 g/mol. The van der Waals surface area contributed by atoms with Crippen molar-refractivity contribution >= 4 is 11.8 Å². The van der Waals surface area contributed by atoms with Crippen LogP contribution in [0, 0.1) is 0 Å². The predicted molar refractivity (Wildman–Crippen MR) is 94.8 cm³/mol. The lowest BCUT2D eigenvalue weighted by atomic mass is 9.98. The minimum atomic E-state index is 0.815. The fourth-order valence-electron chi connectivity index (χ4n) is 3.22. The summed E-state index contributed by atoms with van der Waals surface area (Å²) in [5, 5.41) is 3.84. The normalized spacial score (nSPS) is 20.2.